The summed E-state index contributed by atoms with van der Waals surface area (Å²) in [5, 5.41) is 0. The summed E-state index contributed by atoms with van der Waals surface area (Å²) in [5.41, 5.74) is 0. The van der Waals surface area contributed by atoms with Gasteiger partial charge in [0.25, 0.3) is 0 Å². The molecule has 0 spiro atoms. The van der Waals surface area contributed by atoms with E-state index in [0.29, 0.717) is 0 Å². The molecule has 0 aromatic heterocycles. The zero-order valence-electron chi connectivity index (χ0n) is 1.89. The Morgan fingerprint density at radius 1 is 0.750 bits per heavy atom. The van der Waals surface area contributed by atoms with Gasteiger partial charge in [-0.2, -0.15) is 0 Å². The molecule has 0 fully saturated rings. The van der Waals surface area contributed by atoms with E-state index in [1.807, 2.05) is 0 Å². The van der Waals surface area contributed by atoms with E-state index in [4.69, 9.17) is 0 Å². The van der Waals surface area contributed by atoms with E-state index in [2.05, 4.69) is 0 Å². The first kappa shape index (κ1) is 60.6. The fourth-order valence-electron chi connectivity index (χ4n) is 0. The Kier molecular flexibility index (Phi) is 435. The minimum Gasteiger partial charge on any atom is -2.00 e. The standard InChI is InChI=1S/Al.2O.Sn/q;2*-2;+4. The zero-order valence-corrected chi connectivity index (χ0v) is 5.90. The van der Waals surface area contributed by atoms with Crippen molar-refractivity contribution in [3.8, 4) is 0 Å². The summed E-state index contributed by atoms with van der Waals surface area (Å²) in [6.07, 6.45) is 0. The predicted molar refractivity (Wildman–Crippen MR) is 12.9 cm³/mol. The van der Waals surface area contributed by atoms with Crippen LogP contribution in [-0.2, 0) is 11.0 Å². The Labute approximate surface area is 52.3 Å². The zero-order chi connectivity index (χ0) is 0. The summed E-state index contributed by atoms with van der Waals surface area (Å²) in [7, 11) is 0. The molecular formula is AlO2Sn. The summed E-state index contributed by atoms with van der Waals surface area (Å²) < 4.78 is 0. The molecule has 0 rings (SSSR count). The Bertz CT molecular complexity index is 6.00. The van der Waals surface area contributed by atoms with Crippen LogP contribution >= 0.6 is 0 Å². The first-order chi connectivity index (χ1) is 0. The van der Waals surface area contributed by atoms with Crippen LogP contribution in [0.5, 0.6) is 0 Å². The number of hydrogen-bond donors (Lipinski definition) is 0. The van der Waals surface area contributed by atoms with Crippen LogP contribution in [0.2, 0.25) is 0 Å². The summed E-state index contributed by atoms with van der Waals surface area (Å²) in [6, 6.07) is 0. The maximum atomic E-state index is 0. The molecule has 4 heteroatoms. The van der Waals surface area contributed by atoms with E-state index in [1.54, 1.807) is 0 Å². The Hall–Kier alpha value is 1.25. The molecule has 0 aromatic carbocycles. The van der Waals surface area contributed by atoms with Crippen molar-refractivity contribution in [1.82, 2.24) is 0 Å². The summed E-state index contributed by atoms with van der Waals surface area (Å²) in [5.74, 6) is 0. The second-order valence-electron chi connectivity index (χ2n) is 0. The average molecular weight is 178 g/mol. The predicted octanol–water partition coefficient (Wildman–Crippen LogP) is -0.999. The minimum absolute atomic E-state index is 0. The molecule has 4 heavy (non-hydrogen) atoms. The molecule has 0 amide bonds. The van der Waals surface area contributed by atoms with Crippen molar-refractivity contribution >= 4 is 41.3 Å². The molecule has 0 bridgehead atoms. The van der Waals surface area contributed by atoms with Crippen molar-refractivity contribution in [3.05, 3.63) is 0 Å². The molecule has 0 aliphatic carbocycles. The molecule has 0 aliphatic rings. The van der Waals surface area contributed by atoms with E-state index in [1.165, 1.54) is 0 Å². The van der Waals surface area contributed by atoms with Crippen LogP contribution in [0.25, 0.3) is 0 Å². The van der Waals surface area contributed by atoms with Gasteiger partial charge in [-0.15, -0.1) is 0 Å². The molecule has 0 atom stereocenters. The van der Waals surface area contributed by atoms with Crippen LogP contribution < -0.4 is 0 Å². The van der Waals surface area contributed by atoms with Crippen molar-refractivity contribution in [3.63, 3.8) is 0 Å². The van der Waals surface area contributed by atoms with Crippen molar-refractivity contribution < 1.29 is 11.0 Å². The van der Waals surface area contributed by atoms with E-state index < -0.39 is 0 Å². The maximum Gasteiger partial charge on any atom is 4.00 e. The minimum atomic E-state index is 0. The van der Waals surface area contributed by atoms with Crippen LogP contribution in [0.3, 0.4) is 0 Å². The molecule has 2 nitrogen and oxygen atoms in total. The van der Waals surface area contributed by atoms with E-state index in [0.717, 1.165) is 0 Å². The molecule has 0 saturated carbocycles. The first-order valence-corrected chi connectivity index (χ1v) is 0. The largest absolute Gasteiger partial charge is 4.00 e. The van der Waals surface area contributed by atoms with Crippen LogP contribution in [0, 0.1) is 0 Å². The third kappa shape index (κ3) is 10.5. The quantitative estimate of drug-likeness (QED) is 0.427. The van der Waals surface area contributed by atoms with Crippen molar-refractivity contribution in [2.45, 2.75) is 0 Å². The van der Waals surface area contributed by atoms with Gasteiger partial charge >= 0.3 is 23.9 Å². The van der Waals surface area contributed by atoms with E-state index in [9.17, 15) is 0 Å². The number of rotatable bonds is 0. The van der Waals surface area contributed by atoms with Crippen LogP contribution in [0.15, 0.2) is 0 Å². The monoisotopic (exact) mass is 179 g/mol. The molecule has 0 unspecified atom stereocenters. The van der Waals surface area contributed by atoms with Gasteiger partial charge in [-0.3, -0.25) is 0 Å². The molecule has 0 saturated heterocycles. The average Bonchev–Trinajstić information content (AvgIpc) is 0. The Morgan fingerprint density at radius 3 is 0.750 bits per heavy atom. The van der Waals surface area contributed by atoms with Crippen LogP contribution in [0.4, 0.5) is 0 Å². The first-order valence-electron chi connectivity index (χ1n) is 0. The molecule has 0 heterocycles. The van der Waals surface area contributed by atoms with Gasteiger partial charge in [-0.25, -0.2) is 0 Å². The summed E-state index contributed by atoms with van der Waals surface area (Å²) in [4.78, 5) is 0. The number of hydrogen-bond acceptors (Lipinski definition) is 0. The van der Waals surface area contributed by atoms with Gasteiger partial charge in [0.2, 0.25) is 0 Å². The fourth-order valence-corrected chi connectivity index (χ4v) is 0. The normalized spacial score (nSPS) is 0. The molecule has 19 valence electrons. The SMILES string of the molecule is [Al].[O-2].[O-2].[Sn+4]. The summed E-state index contributed by atoms with van der Waals surface area (Å²) in [6.45, 7) is 0. The molecular weight excluding hydrogens is 178 g/mol. The fraction of sp³-hybridized carbons (Fsp3) is 0. The van der Waals surface area contributed by atoms with Crippen LogP contribution in [-0.4, -0.2) is 41.3 Å². The molecule has 0 aliphatic heterocycles. The third-order valence-corrected chi connectivity index (χ3v) is 0. The summed E-state index contributed by atoms with van der Waals surface area (Å²) >= 11 is 0. The molecule has 3 radical (unpaired) electrons. The molecule has 0 aromatic rings. The van der Waals surface area contributed by atoms with Gasteiger partial charge in [0.05, 0.1) is 0 Å². The van der Waals surface area contributed by atoms with Crippen molar-refractivity contribution in [1.29, 1.82) is 0 Å². The van der Waals surface area contributed by atoms with E-state index in [-0.39, 0.29) is 52.2 Å². The van der Waals surface area contributed by atoms with Gasteiger partial charge in [0.1, 0.15) is 0 Å². The second-order valence-corrected chi connectivity index (χ2v) is 0. The molecule has 0 N–H and O–H groups in total. The Morgan fingerprint density at radius 2 is 0.750 bits per heavy atom. The topological polar surface area (TPSA) is 57.0 Å². The third-order valence-electron chi connectivity index (χ3n) is 0. The van der Waals surface area contributed by atoms with Gasteiger partial charge in [0.15, 0.2) is 0 Å². The van der Waals surface area contributed by atoms with Gasteiger partial charge in [0, 0.05) is 17.4 Å². The van der Waals surface area contributed by atoms with Crippen molar-refractivity contribution in [2.75, 3.05) is 0 Å². The van der Waals surface area contributed by atoms with Crippen LogP contribution in [0.1, 0.15) is 0 Å². The smallest absolute Gasteiger partial charge is 2.00 e. The van der Waals surface area contributed by atoms with Crippen molar-refractivity contribution in [2.24, 2.45) is 0 Å². The second kappa shape index (κ2) is 28.7. The maximum absolute atomic E-state index is 0. The van der Waals surface area contributed by atoms with Gasteiger partial charge in [-0.05, 0) is 0 Å². The van der Waals surface area contributed by atoms with Gasteiger partial charge < -0.3 is 11.0 Å². The Balaban J connectivity index is 0. The van der Waals surface area contributed by atoms with E-state index >= 15 is 0 Å². The van der Waals surface area contributed by atoms with Gasteiger partial charge in [-0.1, -0.05) is 0 Å².